The van der Waals surface area contributed by atoms with Gasteiger partial charge in [0.25, 0.3) is 0 Å². The maximum atomic E-state index is 11.3. The predicted molar refractivity (Wildman–Crippen MR) is 68.9 cm³/mol. The standard InChI is InChI=1S/C13H25N3O/c1-14-13(17)9-11-4-7-16(8-5-11)12-3-2-6-15-10-12/h11-12,15H,2-10H2,1H3,(H,14,17)/t12-/m1/s1. The summed E-state index contributed by atoms with van der Waals surface area (Å²) in [4.78, 5) is 13.9. The van der Waals surface area contributed by atoms with Crippen molar-refractivity contribution >= 4 is 5.91 Å². The Morgan fingerprint density at radius 2 is 2.12 bits per heavy atom. The molecule has 2 fully saturated rings. The summed E-state index contributed by atoms with van der Waals surface area (Å²) in [6.07, 6.45) is 5.73. The van der Waals surface area contributed by atoms with Crippen LogP contribution in [0.15, 0.2) is 0 Å². The van der Waals surface area contributed by atoms with E-state index in [-0.39, 0.29) is 5.91 Å². The molecule has 0 aromatic heterocycles. The summed E-state index contributed by atoms with van der Waals surface area (Å²) in [6.45, 7) is 4.69. The van der Waals surface area contributed by atoms with Gasteiger partial charge in [-0.25, -0.2) is 0 Å². The van der Waals surface area contributed by atoms with Crippen molar-refractivity contribution < 1.29 is 4.79 Å². The first-order valence-corrected chi connectivity index (χ1v) is 6.95. The molecule has 1 atom stereocenters. The van der Waals surface area contributed by atoms with Crippen LogP contribution in [0.2, 0.25) is 0 Å². The maximum absolute atomic E-state index is 11.3. The van der Waals surface area contributed by atoms with Crippen LogP contribution in [0.25, 0.3) is 0 Å². The van der Waals surface area contributed by atoms with E-state index in [9.17, 15) is 4.79 Å². The summed E-state index contributed by atoms with van der Waals surface area (Å²) in [7, 11) is 1.73. The van der Waals surface area contributed by atoms with Gasteiger partial charge in [-0.1, -0.05) is 0 Å². The van der Waals surface area contributed by atoms with Crippen LogP contribution in [0.4, 0.5) is 0 Å². The lowest BCUT2D eigenvalue weighted by atomic mass is 9.91. The highest BCUT2D eigenvalue weighted by Crippen LogP contribution is 2.23. The van der Waals surface area contributed by atoms with E-state index in [1.807, 2.05) is 0 Å². The lowest BCUT2D eigenvalue weighted by Crippen LogP contribution is -2.49. The molecule has 2 N–H and O–H groups in total. The van der Waals surface area contributed by atoms with E-state index >= 15 is 0 Å². The highest BCUT2D eigenvalue weighted by molar-refractivity contribution is 5.75. The normalized spacial score (nSPS) is 27.9. The Hall–Kier alpha value is -0.610. The molecule has 4 heteroatoms. The molecule has 0 bridgehead atoms. The van der Waals surface area contributed by atoms with Crippen LogP contribution in [0.1, 0.15) is 32.1 Å². The number of carbonyl (C=O) groups excluding carboxylic acids is 1. The van der Waals surface area contributed by atoms with E-state index in [1.165, 1.54) is 45.3 Å². The van der Waals surface area contributed by atoms with Crippen LogP contribution in [-0.2, 0) is 4.79 Å². The number of hydrogen-bond acceptors (Lipinski definition) is 3. The van der Waals surface area contributed by atoms with E-state index in [0.29, 0.717) is 12.3 Å². The zero-order chi connectivity index (χ0) is 12.1. The van der Waals surface area contributed by atoms with Crippen LogP contribution in [0.5, 0.6) is 0 Å². The Bertz CT molecular complexity index is 243. The molecule has 98 valence electrons. The first-order valence-electron chi connectivity index (χ1n) is 6.95. The van der Waals surface area contributed by atoms with Gasteiger partial charge in [-0.15, -0.1) is 0 Å². The minimum atomic E-state index is 0.197. The third kappa shape index (κ3) is 3.68. The lowest BCUT2D eigenvalue weighted by Gasteiger charge is -2.39. The number of carbonyl (C=O) groups is 1. The quantitative estimate of drug-likeness (QED) is 0.757. The van der Waals surface area contributed by atoms with Crippen LogP contribution < -0.4 is 10.6 Å². The van der Waals surface area contributed by atoms with E-state index in [4.69, 9.17) is 0 Å². The van der Waals surface area contributed by atoms with Gasteiger partial charge in [-0.05, 0) is 51.2 Å². The Labute approximate surface area is 104 Å². The molecule has 2 rings (SSSR count). The van der Waals surface area contributed by atoms with E-state index in [2.05, 4.69) is 15.5 Å². The summed E-state index contributed by atoms with van der Waals surface area (Å²) in [5.41, 5.74) is 0. The third-order valence-corrected chi connectivity index (χ3v) is 4.19. The average Bonchev–Trinajstić information content (AvgIpc) is 2.40. The van der Waals surface area contributed by atoms with Gasteiger partial charge in [0.05, 0.1) is 0 Å². The smallest absolute Gasteiger partial charge is 0.220 e. The summed E-state index contributed by atoms with van der Waals surface area (Å²) < 4.78 is 0. The van der Waals surface area contributed by atoms with Crippen molar-refractivity contribution in [2.24, 2.45) is 5.92 Å². The summed E-state index contributed by atoms with van der Waals surface area (Å²) >= 11 is 0. The molecule has 17 heavy (non-hydrogen) atoms. The first-order chi connectivity index (χ1) is 8.29. The molecule has 0 saturated carbocycles. The van der Waals surface area contributed by atoms with Crippen molar-refractivity contribution in [3.63, 3.8) is 0 Å². The van der Waals surface area contributed by atoms with Gasteiger partial charge in [0.15, 0.2) is 0 Å². The van der Waals surface area contributed by atoms with Crippen LogP contribution in [0.3, 0.4) is 0 Å². The minimum absolute atomic E-state index is 0.197. The van der Waals surface area contributed by atoms with Crippen molar-refractivity contribution in [2.75, 3.05) is 33.2 Å². The minimum Gasteiger partial charge on any atom is -0.359 e. The second kappa shape index (κ2) is 6.36. The molecular weight excluding hydrogens is 214 g/mol. The van der Waals surface area contributed by atoms with Gasteiger partial charge in [-0.2, -0.15) is 0 Å². The summed E-state index contributed by atoms with van der Waals surface area (Å²) in [6, 6.07) is 0.740. The van der Waals surface area contributed by atoms with Crippen molar-refractivity contribution in [3.05, 3.63) is 0 Å². The molecule has 0 aromatic carbocycles. The van der Waals surface area contributed by atoms with E-state index < -0.39 is 0 Å². The molecule has 0 unspecified atom stereocenters. The Morgan fingerprint density at radius 3 is 2.71 bits per heavy atom. The van der Waals surface area contributed by atoms with E-state index in [1.54, 1.807) is 7.05 Å². The van der Waals surface area contributed by atoms with Crippen LogP contribution in [0, 0.1) is 5.92 Å². The second-order valence-electron chi connectivity index (χ2n) is 5.36. The van der Waals surface area contributed by atoms with Gasteiger partial charge >= 0.3 is 0 Å². The van der Waals surface area contributed by atoms with Gasteiger partial charge < -0.3 is 10.6 Å². The van der Waals surface area contributed by atoms with Gasteiger partial charge in [0, 0.05) is 26.1 Å². The first kappa shape index (κ1) is 12.8. The third-order valence-electron chi connectivity index (χ3n) is 4.19. The zero-order valence-electron chi connectivity index (χ0n) is 10.9. The molecule has 2 saturated heterocycles. The van der Waals surface area contributed by atoms with Crippen molar-refractivity contribution in [2.45, 2.75) is 38.1 Å². The maximum Gasteiger partial charge on any atom is 0.220 e. The highest BCUT2D eigenvalue weighted by atomic mass is 16.1. The molecule has 2 aliphatic heterocycles. The molecule has 2 heterocycles. The summed E-state index contributed by atoms with van der Waals surface area (Å²) in [5.74, 6) is 0.797. The zero-order valence-corrected chi connectivity index (χ0v) is 10.9. The Morgan fingerprint density at radius 1 is 1.35 bits per heavy atom. The second-order valence-corrected chi connectivity index (χ2v) is 5.36. The number of amides is 1. The van der Waals surface area contributed by atoms with Crippen molar-refractivity contribution in [3.8, 4) is 0 Å². The number of hydrogen-bond donors (Lipinski definition) is 2. The average molecular weight is 239 g/mol. The van der Waals surface area contributed by atoms with Gasteiger partial charge in [0.1, 0.15) is 0 Å². The molecule has 1 amide bonds. The highest BCUT2D eigenvalue weighted by Gasteiger charge is 2.26. The molecule has 2 aliphatic rings. The number of nitrogens with one attached hydrogen (secondary N) is 2. The number of piperidine rings is 2. The topological polar surface area (TPSA) is 44.4 Å². The molecule has 0 radical (unpaired) electrons. The van der Waals surface area contributed by atoms with Crippen molar-refractivity contribution in [1.82, 2.24) is 15.5 Å². The fourth-order valence-electron chi connectivity index (χ4n) is 3.03. The fourth-order valence-corrected chi connectivity index (χ4v) is 3.03. The predicted octanol–water partition coefficient (Wildman–Crippen LogP) is 0.587. The van der Waals surface area contributed by atoms with Crippen LogP contribution in [-0.4, -0.2) is 50.1 Å². The van der Waals surface area contributed by atoms with Crippen molar-refractivity contribution in [1.29, 1.82) is 0 Å². The van der Waals surface area contributed by atoms with Crippen LogP contribution >= 0.6 is 0 Å². The number of likely N-dealkylation sites (tertiary alicyclic amines) is 1. The Balaban J connectivity index is 1.71. The van der Waals surface area contributed by atoms with Gasteiger partial charge in [-0.3, -0.25) is 9.69 Å². The monoisotopic (exact) mass is 239 g/mol. The lowest BCUT2D eigenvalue weighted by molar-refractivity contribution is -0.121. The van der Waals surface area contributed by atoms with Gasteiger partial charge in [0.2, 0.25) is 5.91 Å². The molecule has 0 aromatic rings. The van der Waals surface area contributed by atoms with E-state index in [0.717, 1.165) is 12.6 Å². The Kier molecular flexibility index (Phi) is 4.80. The number of rotatable bonds is 3. The summed E-state index contributed by atoms with van der Waals surface area (Å²) in [5, 5.41) is 6.20. The molecule has 4 nitrogen and oxygen atoms in total. The molecule has 0 aliphatic carbocycles. The molecular formula is C13H25N3O. The SMILES string of the molecule is CNC(=O)CC1CCN([C@@H]2CCCNC2)CC1. The number of nitrogens with zero attached hydrogens (tertiary/aromatic N) is 1. The molecule has 0 spiro atoms. The largest absolute Gasteiger partial charge is 0.359 e. The fraction of sp³-hybridized carbons (Fsp3) is 0.923.